The predicted octanol–water partition coefficient (Wildman–Crippen LogP) is 7.02. The Morgan fingerprint density at radius 2 is 1.69 bits per heavy atom. The summed E-state index contributed by atoms with van der Waals surface area (Å²) in [5.41, 5.74) is 6.49. The first-order valence-electron chi connectivity index (χ1n) is 11.7. The number of rotatable bonds is 5. The van der Waals surface area contributed by atoms with E-state index in [-0.39, 0.29) is 11.8 Å². The Balaban J connectivity index is 1.26. The summed E-state index contributed by atoms with van der Waals surface area (Å²) in [6.07, 6.45) is 2.31. The van der Waals surface area contributed by atoms with Gasteiger partial charge in [0.05, 0.1) is 0 Å². The fourth-order valence-electron chi connectivity index (χ4n) is 4.72. The minimum atomic E-state index is -0.255. The Bertz CT molecular complexity index is 1410. The molecule has 0 saturated carbocycles. The largest absolute Gasteiger partial charge is 0.328 e. The van der Waals surface area contributed by atoms with Crippen LogP contribution >= 0.6 is 27.7 Å². The first-order valence-corrected chi connectivity index (χ1v) is 13.5. The van der Waals surface area contributed by atoms with Gasteiger partial charge in [0.15, 0.2) is 5.78 Å². The highest BCUT2D eigenvalue weighted by Gasteiger charge is 2.36. The first-order chi connectivity index (χ1) is 17.2. The van der Waals surface area contributed by atoms with E-state index in [2.05, 4.69) is 81.9 Å². The smallest absolute Gasteiger partial charge is 0.227 e. The number of halogens is 1. The highest BCUT2D eigenvalue weighted by molar-refractivity contribution is 9.10. The van der Waals surface area contributed by atoms with E-state index in [0.717, 1.165) is 39.9 Å². The van der Waals surface area contributed by atoms with Crippen LogP contribution in [0.15, 0.2) is 99.8 Å². The van der Waals surface area contributed by atoms with Gasteiger partial charge in [0.2, 0.25) is 11.1 Å². The lowest BCUT2D eigenvalue weighted by molar-refractivity contribution is -0.116. The van der Waals surface area contributed by atoms with E-state index in [1.54, 1.807) is 11.8 Å². The molecule has 1 atom stereocenters. The van der Waals surface area contributed by atoms with Gasteiger partial charge in [-0.05, 0) is 47.2 Å². The highest BCUT2D eigenvalue weighted by atomic mass is 79.9. The fraction of sp³-hybridized carbons (Fsp3) is 0.179. The lowest BCUT2D eigenvalue weighted by atomic mass is 9.85. The molecule has 5 nitrogen and oxygen atoms in total. The number of hydrogen-bond acceptors (Lipinski definition) is 5. The molecule has 35 heavy (non-hydrogen) atoms. The van der Waals surface area contributed by atoms with Crippen molar-refractivity contribution in [2.24, 2.45) is 0 Å². The summed E-state index contributed by atoms with van der Waals surface area (Å²) in [6.45, 7) is 0. The van der Waals surface area contributed by atoms with Crippen molar-refractivity contribution in [3.63, 3.8) is 0 Å². The standard InChI is InChI=1S/C28H23BrN4OS/c29-22-15-13-21(14-16-22)26-25-23(7-4-8-24(25)34)30-27-31-28(32-33(26)27)35-17-18-9-11-20(12-10-18)19-5-2-1-3-6-19/h1-3,5-6,9-16,26H,4,7-8,17H2,(H,30,31,32). The number of aromatic nitrogens is 3. The molecule has 4 aromatic rings. The summed E-state index contributed by atoms with van der Waals surface area (Å²) >= 11 is 5.13. The summed E-state index contributed by atoms with van der Waals surface area (Å²) in [5.74, 6) is 1.67. The third-order valence-electron chi connectivity index (χ3n) is 6.46. The van der Waals surface area contributed by atoms with Crippen molar-refractivity contribution in [1.29, 1.82) is 0 Å². The van der Waals surface area contributed by atoms with Crippen molar-refractivity contribution in [2.75, 3.05) is 5.32 Å². The number of carbonyl (C=O) groups excluding carboxylic acids is 1. The zero-order valence-corrected chi connectivity index (χ0v) is 21.3. The maximum absolute atomic E-state index is 13.0. The first kappa shape index (κ1) is 22.3. The molecule has 0 bridgehead atoms. The molecule has 0 fully saturated rings. The number of fused-ring (bicyclic) bond motifs is 1. The number of Topliss-reactive ketones (excluding diaryl/α,β-unsaturated/α-hetero) is 1. The van der Waals surface area contributed by atoms with E-state index in [4.69, 9.17) is 10.1 Å². The molecule has 174 valence electrons. The van der Waals surface area contributed by atoms with Gasteiger partial charge in [0, 0.05) is 27.9 Å². The summed E-state index contributed by atoms with van der Waals surface area (Å²) in [4.78, 5) is 17.8. The molecule has 0 amide bonds. The molecular weight excluding hydrogens is 520 g/mol. The van der Waals surface area contributed by atoms with E-state index in [0.29, 0.717) is 17.5 Å². The molecule has 3 aromatic carbocycles. The fourth-order valence-corrected chi connectivity index (χ4v) is 5.77. The van der Waals surface area contributed by atoms with E-state index in [1.165, 1.54) is 16.7 Å². The van der Waals surface area contributed by atoms with Crippen LogP contribution in [0.2, 0.25) is 0 Å². The molecule has 0 spiro atoms. The Morgan fingerprint density at radius 1 is 0.943 bits per heavy atom. The minimum absolute atomic E-state index is 0.195. The minimum Gasteiger partial charge on any atom is -0.328 e. The van der Waals surface area contributed by atoms with Gasteiger partial charge in [-0.3, -0.25) is 4.79 Å². The number of nitrogens with zero attached hydrogens (tertiary/aromatic N) is 3. The van der Waals surface area contributed by atoms with Crippen LogP contribution in [-0.2, 0) is 10.5 Å². The predicted molar refractivity (Wildman–Crippen MR) is 143 cm³/mol. The van der Waals surface area contributed by atoms with Crippen LogP contribution in [0, 0.1) is 0 Å². The summed E-state index contributed by atoms with van der Waals surface area (Å²) in [7, 11) is 0. The van der Waals surface area contributed by atoms with Gasteiger partial charge in [-0.15, -0.1) is 5.10 Å². The molecule has 1 aromatic heterocycles. The molecule has 6 rings (SSSR count). The van der Waals surface area contributed by atoms with Gasteiger partial charge >= 0.3 is 0 Å². The number of carbonyl (C=O) groups is 1. The summed E-state index contributed by atoms with van der Waals surface area (Å²) in [6, 6.07) is 26.9. The molecule has 1 aliphatic heterocycles. The molecular formula is C28H23BrN4OS. The normalized spacial score (nSPS) is 17.1. The third kappa shape index (κ3) is 4.46. The molecule has 2 heterocycles. The van der Waals surface area contributed by atoms with Crippen LogP contribution in [0.3, 0.4) is 0 Å². The number of nitrogens with one attached hydrogen (secondary N) is 1. The van der Waals surface area contributed by atoms with Gasteiger partial charge < -0.3 is 5.32 Å². The Morgan fingerprint density at radius 3 is 2.46 bits per heavy atom. The van der Waals surface area contributed by atoms with Crippen molar-refractivity contribution >= 4 is 39.4 Å². The van der Waals surface area contributed by atoms with Crippen molar-refractivity contribution in [3.8, 4) is 11.1 Å². The second kappa shape index (κ2) is 9.47. The average Bonchev–Trinajstić information content (AvgIpc) is 3.30. The van der Waals surface area contributed by atoms with Crippen LogP contribution in [0.25, 0.3) is 11.1 Å². The molecule has 2 aliphatic rings. The number of thioether (sulfide) groups is 1. The topological polar surface area (TPSA) is 59.8 Å². The molecule has 1 unspecified atom stereocenters. The maximum Gasteiger partial charge on any atom is 0.227 e. The van der Waals surface area contributed by atoms with Gasteiger partial charge in [-0.2, -0.15) is 4.98 Å². The van der Waals surface area contributed by atoms with E-state index < -0.39 is 0 Å². The Labute approximate surface area is 216 Å². The van der Waals surface area contributed by atoms with Gasteiger partial charge in [-0.25, -0.2) is 4.68 Å². The van der Waals surface area contributed by atoms with Crippen LogP contribution in [0.1, 0.15) is 36.4 Å². The highest BCUT2D eigenvalue weighted by Crippen LogP contribution is 2.41. The molecule has 1 aliphatic carbocycles. The van der Waals surface area contributed by atoms with E-state index in [9.17, 15) is 4.79 Å². The van der Waals surface area contributed by atoms with Crippen molar-refractivity contribution in [3.05, 3.63) is 106 Å². The number of ketones is 1. The quantitative estimate of drug-likeness (QED) is 0.274. The monoisotopic (exact) mass is 542 g/mol. The van der Waals surface area contributed by atoms with Crippen molar-refractivity contribution < 1.29 is 4.79 Å². The van der Waals surface area contributed by atoms with Crippen LogP contribution in [0.4, 0.5) is 5.95 Å². The number of hydrogen-bond donors (Lipinski definition) is 1. The van der Waals surface area contributed by atoms with Gasteiger partial charge in [-0.1, -0.05) is 94.4 Å². The molecule has 0 radical (unpaired) electrons. The van der Waals surface area contributed by atoms with Crippen molar-refractivity contribution in [1.82, 2.24) is 14.8 Å². The van der Waals surface area contributed by atoms with Crippen molar-refractivity contribution in [2.45, 2.75) is 36.2 Å². The SMILES string of the molecule is O=C1CCCC2=C1C(c1ccc(Br)cc1)n1nc(SCc3ccc(-c4ccccc4)cc3)nc1N2. The zero-order chi connectivity index (χ0) is 23.8. The van der Waals surface area contributed by atoms with Crippen LogP contribution in [0.5, 0.6) is 0 Å². The zero-order valence-electron chi connectivity index (χ0n) is 18.9. The number of benzene rings is 3. The summed E-state index contributed by atoms with van der Waals surface area (Å²) in [5, 5.41) is 8.96. The second-order valence-corrected chi connectivity index (χ2v) is 10.6. The lowest BCUT2D eigenvalue weighted by Gasteiger charge is -2.32. The third-order valence-corrected chi connectivity index (χ3v) is 7.90. The Kier molecular flexibility index (Phi) is 6.04. The Hall–Kier alpha value is -3.16. The number of allylic oxidation sites excluding steroid dienone is 2. The van der Waals surface area contributed by atoms with Gasteiger partial charge in [0.1, 0.15) is 6.04 Å². The molecule has 7 heteroatoms. The van der Waals surface area contributed by atoms with Gasteiger partial charge in [0.25, 0.3) is 0 Å². The maximum atomic E-state index is 13.0. The summed E-state index contributed by atoms with van der Waals surface area (Å²) < 4.78 is 2.89. The second-order valence-electron chi connectivity index (χ2n) is 8.76. The van der Waals surface area contributed by atoms with Crippen LogP contribution < -0.4 is 5.32 Å². The molecule has 1 N–H and O–H groups in total. The van der Waals surface area contributed by atoms with E-state index in [1.807, 2.05) is 22.9 Å². The van der Waals surface area contributed by atoms with Crippen LogP contribution in [-0.4, -0.2) is 20.5 Å². The van der Waals surface area contributed by atoms with E-state index >= 15 is 0 Å². The number of anilines is 1. The molecule has 0 saturated heterocycles. The lowest BCUT2D eigenvalue weighted by Crippen LogP contribution is -2.31. The average molecular weight is 543 g/mol.